The molecule has 2 amide bonds. The lowest BCUT2D eigenvalue weighted by molar-refractivity contribution is -0.385. The van der Waals surface area contributed by atoms with Crippen LogP contribution in [0, 0.1) is 10.1 Å². The van der Waals surface area contributed by atoms with E-state index < -0.39 is 40.6 Å². The maximum atomic E-state index is 12.7. The van der Waals surface area contributed by atoms with E-state index in [1.54, 1.807) is 30.3 Å². The van der Waals surface area contributed by atoms with Gasteiger partial charge in [0, 0.05) is 24.7 Å². The Balaban J connectivity index is 2.22. The number of hydrogen-bond acceptors (Lipinski definition) is 8. The number of nitro groups is 1. The average Bonchev–Trinajstić information content (AvgIpc) is 2.76. The van der Waals surface area contributed by atoms with Crippen LogP contribution in [0.4, 0.5) is 11.4 Å². The Morgan fingerprint density at radius 2 is 1.68 bits per heavy atom. The number of primary amides is 1. The van der Waals surface area contributed by atoms with Crippen molar-refractivity contribution in [2.75, 3.05) is 32.3 Å². The summed E-state index contributed by atoms with van der Waals surface area (Å²) in [5, 5.41) is 11.4. The highest BCUT2D eigenvalue weighted by molar-refractivity contribution is 5.99. The van der Waals surface area contributed by atoms with Crippen molar-refractivity contribution in [1.82, 2.24) is 0 Å². The van der Waals surface area contributed by atoms with Gasteiger partial charge >= 0.3 is 5.97 Å². The van der Waals surface area contributed by atoms with Crippen molar-refractivity contribution in [2.45, 2.75) is 6.42 Å². The van der Waals surface area contributed by atoms with Gasteiger partial charge in [-0.1, -0.05) is 18.2 Å². The topological polar surface area (TPSA) is 151 Å². The summed E-state index contributed by atoms with van der Waals surface area (Å²) < 4.78 is 15.1. The van der Waals surface area contributed by atoms with Crippen LogP contribution >= 0.6 is 0 Å². The zero-order valence-corrected chi connectivity index (χ0v) is 16.9. The number of benzene rings is 2. The third kappa shape index (κ3) is 5.92. The summed E-state index contributed by atoms with van der Waals surface area (Å²) in [7, 11) is 2.60. The Morgan fingerprint density at radius 3 is 2.23 bits per heavy atom. The van der Waals surface area contributed by atoms with Gasteiger partial charge < -0.3 is 24.8 Å². The predicted molar refractivity (Wildman–Crippen MR) is 109 cm³/mol. The van der Waals surface area contributed by atoms with E-state index in [1.807, 2.05) is 0 Å². The number of para-hydroxylation sites is 1. The lowest BCUT2D eigenvalue weighted by atomic mass is 10.1. The molecule has 2 rings (SSSR count). The first-order chi connectivity index (χ1) is 14.8. The number of ether oxygens (including phenoxy) is 3. The summed E-state index contributed by atoms with van der Waals surface area (Å²) in [4.78, 5) is 48.1. The molecule has 0 unspecified atom stereocenters. The van der Waals surface area contributed by atoms with Crippen LogP contribution in [0.25, 0.3) is 0 Å². The third-order valence-corrected chi connectivity index (χ3v) is 4.20. The maximum absolute atomic E-state index is 12.7. The van der Waals surface area contributed by atoms with E-state index >= 15 is 0 Å². The molecule has 0 radical (unpaired) electrons. The van der Waals surface area contributed by atoms with E-state index in [0.29, 0.717) is 5.69 Å². The van der Waals surface area contributed by atoms with Crippen LogP contribution in [-0.4, -0.2) is 50.1 Å². The number of carbonyl (C=O) groups is 3. The maximum Gasteiger partial charge on any atom is 0.345 e. The molecule has 0 heterocycles. The molecule has 2 aromatic carbocycles. The number of nitrogens with zero attached hydrogens (tertiary/aromatic N) is 2. The van der Waals surface area contributed by atoms with E-state index in [2.05, 4.69) is 0 Å². The second-order valence-electron chi connectivity index (χ2n) is 6.15. The molecule has 0 saturated carbocycles. The Hall–Kier alpha value is -4.15. The van der Waals surface area contributed by atoms with E-state index in [4.69, 9.17) is 19.9 Å². The molecule has 2 N–H and O–H groups in total. The second-order valence-corrected chi connectivity index (χ2v) is 6.15. The Bertz CT molecular complexity index is 978. The number of methoxy groups -OCH3 is 2. The van der Waals surface area contributed by atoms with E-state index in [1.165, 1.54) is 19.1 Å². The van der Waals surface area contributed by atoms with Crippen LogP contribution in [0.15, 0.2) is 42.5 Å². The fraction of sp³-hybridized carbons (Fsp3) is 0.250. The minimum Gasteiger partial charge on any atom is -0.493 e. The molecule has 0 aliphatic heterocycles. The fourth-order valence-corrected chi connectivity index (χ4v) is 2.69. The average molecular weight is 431 g/mol. The first kappa shape index (κ1) is 23.1. The highest BCUT2D eigenvalue weighted by Crippen LogP contribution is 2.34. The summed E-state index contributed by atoms with van der Waals surface area (Å²) in [6, 6.07) is 10.5. The van der Waals surface area contributed by atoms with Gasteiger partial charge in [-0.2, -0.15) is 0 Å². The minimum atomic E-state index is -1.09. The molecule has 0 aromatic heterocycles. The SMILES string of the molecule is COc1cc(C(=O)OCC(=O)N(CCC(N)=O)c2ccccc2)c([N+](=O)[O-])cc1OC. The van der Waals surface area contributed by atoms with Crippen molar-refractivity contribution in [3.8, 4) is 11.5 Å². The summed E-state index contributed by atoms with van der Waals surface area (Å²) in [5.41, 5.74) is 4.67. The van der Waals surface area contributed by atoms with Gasteiger partial charge in [-0.3, -0.25) is 19.7 Å². The van der Waals surface area contributed by atoms with Crippen LogP contribution in [-0.2, 0) is 14.3 Å². The molecule has 2 aromatic rings. The van der Waals surface area contributed by atoms with Crippen molar-refractivity contribution in [3.05, 3.63) is 58.1 Å². The number of amides is 2. The monoisotopic (exact) mass is 431 g/mol. The molecule has 0 bridgehead atoms. The van der Waals surface area contributed by atoms with Gasteiger partial charge in [0.1, 0.15) is 5.56 Å². The Kier molecular flexibility index (Phi) is 7.89. The van der Waals surface area contributed by atoms with Crippen molar-refractivity contribution >= 4 is 29.2 Å². The van der Waals surface area contributed by atoms with E-state index in [0.717, 1.165) is 12.1 Å². The zero-order valence-electron chi connectivity index (χ0n) is 16.9. The molecule has 11 heteroatoms. The third-order valence-electron chi connectivity index (χ3n) is 4.20. The van der Waals surface area contributed by atoms with Crippen LogP contribution in [0.5, 0.6) is 11.5 Å². The van der Waals surface area contributed by atoms with Gasteiger partial charge in [-0.05, 0) is 12.1 Å². The summed E-state index contributed by atoms with van der Waals surface area (Å²) >= 11 is 0. The van der Waals surface area contributed by atoms with Crippen molar-refractivity contribution in [1.29, 1.82) is 0 Å². The largest absolute Gasteiger partial charge is 0.493 e. The van der Waals surface area contributed by atoms with Gasteiger partial charge in [0.15, 0.2) is 18.1 Å². The summed E-state index contributed by atoms with van der Waals surface area (Å²) in [5.74, 6) is -2.19. The molecule has 0 saturated heterocycles. The second kappa shape index (κ2) is 10.6. The molecule has 0 spiro atoms. The highest BCUT2D eigenvalue weighted by Gasteiger charge is 2.27. The number of nitro benzene ring substituents is 1. The fourth-order valence-electron chi connectivity index (χ4n) is 2.69. The standard InChI is InChI=1S/C20H21N3O8/c1-29-16-10-14(15(23(27)28)11-17(16)30-2)20(26)31-12-19(25)22(9-8-18(21)24)13-6-4-3-5-7-13/h3-7,10-11H,8-9,12H2,1-2H3,(H2,21,24). The van der Waals surface area contributed by atoms with E-state index in [-0.39, 0.29) is 24.5 Å². The number of nitrogens with two attached hydrogens (primary N) is 1. The molecule has 0 atom stereocenters. The molecule has 11 nitrogen and oxygen atoms in total. The Labute approximate surface area is 177 Å². The van der Waals surface area contributed by atoms with Gasteiger partial charge in [0.05, 0.1) is 25.2 Å². The summed E-state index contributed by atoms with van der Waals surface area (Å²) in [6.07, 6.45) is -0.101. The van der Waals surface area contributed by atoms with Gasteiger partial charge in [0.25, 0.3) is 11.6 Å². The van der Waals surface area contributed by atoms with Crippen LogP contribution in [0.2, 0.25) is 0 Å². The van der Waals surface area contributed by atoms with Gasteiger partial charge in [-0.25, -0.2) is 4.79 Å². The molecule has 31 heavy (non-hydrogen) atoms. The molecular weight excluding hydrogens is 410 g/mol. The van der Waals surface area contributed by atoms with Gasteiger partial charge in [0.2, 0.25) is 5.91 Å². The van der Waals surface area contributed by atoms with Crippen molar-refractivity contribution in [2.24, 2.45) is 5.73 Å². The Morgan fingerprint density at radius 1 is 1.06 bits per heavy atom. The van der Waals surface area contributed by atoms with Crippen LogP contribution < -0.4 is 20.1 Å². The highest BCUT2D eigenvalue weighted by atomic mass is 16.6. The smallest absolute Gasteiger partial charge is 0.345 e. The van der Waals surface area contributed by atoms with Crippen LogP contribution in [0.3, 0.4) is 0 Å². The molecule has 0 aliphatic rings. The predicted octanol–water partition coefficient (Wildman–Crippen LogP) is 1.68. The number of anilines is 1. The normalized spacial score (nSPS) is 10.1. The lowest BCUT2D eigenvalue weighted by Crippen LogP contribution is -2.37. The number of carbonyl (C=O) groups excluding carboxylic acids is 3. The van der Waals surface area contributed by atoms with Crippen molar-refractivity contribution in [3.63, 3.8) is 0 Å². The molecule has 0 aliphatic carbocycles. The van der Waals surface area contributed by atoms with Crippen LogP contribution in [0.1, 0.15) is 16.8 Å². The van der Waals surface area contributed by atoms with E-state index in [9.17, 15) is 24.5 Å². The van der Waals surface area contributed by atoms with Crippen molar-refractivity contribution < 1.29 is 33.5 Å². The molecular formula is C20H21N3O8. The first-order valence-electron chi connectivity index (χ1n) is 8.99. The summed E-state index contributed by atoms with van der Waals surface area (Å²) in [6.45, 7) is -0.732. The minimum absolute atomic E-state index is 0.0216. The quantitative estimate of drug-likeness (QED) is 0.339. The number of rotatable bonds is 10. The molecule has 164 valence electrons. The van der Waals surface area contributed by atoms with Gasteiger partial charge in [-0.15, -0.1) is 0 Å². The number of hydrogen-bond donors (Lipinski definition) is 1. The zero-order chi connectivity index (χ0) is 23.0. The number of esters is 1. The first-order valence-corrected chi connectivity index (χ1v) is 8.99. The molecule has 0 fully saturated rings. The lowest BCUT2D eigenvalue weighted by Gasteiger charge is -2.22.